The topological polar surface area (TPSA) is 49.4 Å². The maximum absolute atomic E-state index is 13.7. The largest absolute Gasteiger partial charge is 0.354 e. The predicted octanol–water partition coefficient (Wildman–Crippen LogP) is 6.09. The number of halogens is 3. The first-order chi connectivity index (χ1) is 16.7. The second kappa shape index (κ2) is 12.7. The zero-order valence-electron chi connectivity index (χ0n) is 19.8. The summed E-state index contributed by atoms with van der Waals surface area (Å²) in [6.45, 7) is 4.56. The number of hydrogen-bond donors (Lipinski definition) is 1. The van der Waals surface area contributed by atoms with E-state index in [0.29, 0.717) is 34.1 Å². The Hall–Kier alpha value is -2.89. The second-order valence-electron chi connectivity index (χ2n) is 8.87. The molecule has 0 spiro atoms. The molecule has 0 aliphatic rings. The van der Waals surface area contributed by atoms with Crippen LogP contribution < -0.4 is 5.32 Å². The molecule has 35 heavy (non-hydrogen) atoms. The molecule has 0 heterocycles. The first-order valence-corrected chi connectivity index (χ1v) is 12.3. The fourth-order valence-electron chi connectivity index (χ4n) is 3.71. The van der Waals surface area contributed by atoms with E-state index in [1.54, 1.807) is 30.3 Å². The minimum absolute atomic E-state index is 0.00506. The van der Waals surface area contributed by atoms with Crippen LogP contribution in [0.3, 0.4) is 0 Å². The Bertz CT molecular complexity index is 1120. The van der Waals surface area contributed by atoms with Crippen LogP contribution in [-0.2, 0) is 29.0 Å². The number of benzene rings is 3. The molecule has 0 bridgehead atoms. The maximum atomic E-state index is 13.7. The van der Waals surface area contributed by atoms with Gasteiger partial charge in [-0.15, -0.1) is 0 Å². The summed E-state index contributed by atoms with van der Waals surface area (Å²) < 4.78 is 13.4. The third-order valence-electron chi connectivity index (χ3n) is 5.61. The molecule has 3 aromatic rings. The molecule has 7 heteroatoms. The Labute approximate surface area is 216 Å². The smallest absolute Gasteiger partial charge is 0.243 e. The van der Waals surface area contributed by atoms with Crippen molar-refractivity contribution in [3.05, 3.63) is 105 Å². The van der Waals surface area contributed by atoms with Gasteiger partial charge in [0.15, 0.2) is 0 Å². The molecule has 1 N–H and O–H groups in total. The zero-order chi connectivity index (χ0) is 25.4. The van der Waals surface area contributed by atoms with Gasteiger partial charge in [-0.05, 0) is 41.3 Å². The normalized spacial score (nSPS) is 11.8. The molecule has 0 aromatic heterocycles. The Kier molecular flexibility index (Phi) is 9.70. The van der Waals surface area contributed by atoms with Crippen LogP contribution in [0.15, 0.2) is 72.8 Å². The van der Waals surface area contributed by atoms with Crippen LogP contribution >= 0.6 is 23.2 Å². The van der Waals surface area contributed by atoms with E-state index in [0.717, 1.165) is 5.56 Å². The lowest BCUT2D eigenvalue weighted by atomic mass is 10.0. The van der Waals surface area contributed by atoms with E-state index in [-0.39, 0.29) is 36.5 Å². The monoisotopic (exact) mass is 514 g/mol. The van der Waals surface area contributed by atoms with Crippen LogP contribution in [0.2, 0.25) is 10.0 Å². The van der Waals surface area contributed by atoms with Gasteiger partial charge in [0, 0.05) is 35.1 Å². The van der Waals surface area contributed by atoms with Gasteiger partial charge in [-0.2, -0.15) is 0 Å². The molecule has 0 saturated carbocycles. The average molecular weight is 515 g/mol. The molecule has 0 fully saturated rings. The van der Waals surface area contributed by atoms with Crippen molar-refractivity contribution >= 4 is 35.0 Å². The van der Waals surface area contributed by atoms with Crippen molar-refractivity contribution in [2.75, 3.05) is 6.54 Å². The lowest BCUT2D eigenvalue weighted by Crippen LogP contribution is -2.51. The van der Waals surface area contributed by atoms with Crippen molar-refractivity contribution in [2.24, 2.45) is 5.92 Å². The van der Waals surface area contributed by atoms with Crippen molar-refractivity contribution in [3.8, 4) is 0 Å². The SMILES string of the molecule is CC(C)CNC(=O)C(Cc1ccccc1)N(Cc1c(Cl)cccc1Cl)C(=O)Cc1ccc(F)cc1. The fourth-order valence-corrected chi connectivity index (χ4v) is 4.23. The quantitative estimate of drug-likeness (QED) is 0.356. The van der Waals surface area contributed by atoms with Crippen LogP contribution in [0.1, 0.15) is 30.5 Å². The molecule has 0 aliphatic carbocycles. The number of rotatable bonds is 10. The lowest BCUT2D eigenvalue weighted by molar-refractivity contribution is -0.140. The highest BCUT2D eigenvalue weighted by Crippen LogP contribution is 2.27. The standard InChI is InChI=1S/C28H29Cl2FN2O2/c1-19(2)17-32-28(35)26(15-20-7-4-3-5-8-20)33(18-23-24(29)9-6-10-25(23)30)27(34)16-21-11-13-22(31)14-12-21/h3-14,19,26H,15-18H2,1-2H3,(H,32,35). The summed E-state index contributed by atoms with van der Waals surface area (Å²) in [5, 5.41) is 3.81. The van der Waals surface area contributed by atoms with Crippen molar-refractivity contribution in [1.82, 2.24) is 10.2 Å². The van der Waals surface area contributed by atoms with Crippen LogP contribution in [0.4, 0.5) is 4.39 Å². The molecule has 1 atom stereocenters. The molecule has 4 nitrogen and oxygen atoms in total. The summed E-state index contributed by atoms with van der Waals surface area (Å²) in [5.41, 5.74) is 2.13. The van der Waals surface area contributed by atoms with Crippen molar-refractivity contribution < 1.29 is 14.0 Å². The molecule has 3 aromatic carbocycles. The van der Waals surface area contributed by atoms with E-state index in [2.05, 4.69) is 5.32 Å². The Balaban J connectivity index is 2.00. The summed E-state index contributed by atoms with van der Waals surface area (Å²) >= 11 is 12.9. The van der Waals surface area contributed by atoms with Gasteiger partial charge >= 0.3 is 0 Å². The van der Waals surface area contributed by atoms with Gasteiger partial charge in [-0.3, -0.25) is 9.59 Å². The summed E-state index contributed by atoms with van der Waals surface area (Å²) in [4.78, 5) is 28.6. The average Bonchev–Trinajstić information content (AvgIpc) is 2.83. The highest BCUT2D eigenvalue weighted by molar-refractivity contribution is 6.36. The number of carbonyl (C=O) groups excluding carboxylic acids is 2. The van der Waals surface area contributed by atoms with Gasteiger partial charge in [0.2, 0.25) is 11.8 Å². The van der Waals surface area contributed by atoms with Gasteiger partial charge in [0.05, 0.1) is 6.42 Å². The fraction of sp³-hybridized carbons (Fsp3) is 0.286. The predicted molar refractivity (Wildman–Crippen MR) is 139 cm³/mol. The van der Waals surface area contributed by atoms with E-state index >= 15 is 0 Å². The van der Waals surface area contributed by atoms with Crippen molar-refractivity contribution in [1.29, 1.82) is 0 Å². The zero-order valence-corrected chi connectivity index (χ0v) is 21.3. The van der Waals surface area contributed by atoms with Gasteiger partial charge in [0.1, 0.15) is 11.9 Å². The molecule has 1 unspecified atom stereocenters. The molecule has 2 amide bonds. The first-order valence-electron chi connectivity index (χ1n) is 11.5. The van der Waals surface area contributed by atoms with Crippen molar-refractivity contribution in [3.63, 3.8) is 0 Å². The minimum atomic E-state index is -0.795. The molecule has 184 valence electrons. The first kappa shape index (κ1) is 26.7. The lowest BCUT2D eigenvalue weighted by Gasteiger charge is -2.32. The van der Waals surface area contributed by atoms with E-state index in [1.807, 2.05) is 44.2 Å². The number of nitrogens with zero attached hydrogens (tertiary/aromatic N) is 1. The van der Waals surface area contributed by atoms with Crippen LogP contribution in [0.5, 0.6) is 0 Å². The third-order valence-corrected chi connectivity index (χ3v) is 6.32. The summed E-state index contributed by atoms with van der Waals surface area (Å²) in [6.07, 6.45) is 0.326. The Morgan fingerprint density at radius 1 is 0.886 bits per heavy atom. The van der Waals surface area contributed by atoms with Crippen LogP contribution in [0.25, 0.3) is 0 Å². The molecular weight excluding hydrogens is 486 g/mol. The second-order valence-corrected chi connectivity index (χ2v) is 9.68. The summed E-state index contributed by atoms with van der Waals surface area (Å²) in [6, 6.07) is 19.7. The van der Waals surface area contributed by atoms with Gasteiger partial charge in [0.25, 0.3) is 0 Å². The van der Waals surface area contributed by atoms with Gasteiger partial charge in [-0.25, -0.2) is 4.39 Å². The van der Waals surface area contributed by atoms with Gasteiger partial charge < -0.3 is 10.2 Å². The van der Waals surface area contributed by atoms with E-state index in [1.165, 1.54) is 17.0 Å². The molecule has 0 aliphatic heterocycles. The van der Waals surface area contributed by atoms with E-state index in [9.17, 15) is 14.0 Å². The van der Waals surface area contributed by atoms with E-state index in [4.69, 9.17) is 23.2 Å². The Morgan fingerprint density at radius 2 is 1.51 bits per heavy atom. The number of nitrogens with one attached hydrogen (secondary N) is 1. The summed E-state index contributed by atoms with van der Waals surface area (Å²) in [7, 11) is 0. The molecule has 0 radical (unpaired) electrons. The molecule has 3 rings (SSSR count). The number of carbonyl (C=O) groups is 2. The number of hydrogen-bond acceptors (Lipinski definition) is 2. The Morgan fingerprint density at radius 3 is 2.11 bits per heavy atom. The van der Waals surface area contributed by atoms with Crippen LogP contribution in [0, 0.1) is 11.7 Å². The minimum Gasteiger partial charge on any atom is -0.354 e. The highest BCUT2D eigenvalue weighted by atomic mass is 35.5. The maximum Gasteiger partial charge on any atom is 0.243 e. The van der Waals surface area contributed by atoms with Crippen LogP contribution in [-0.4, -0.2) is 29.3 Å². The molecule has 0 saturated heterocycles. The third kappa shape index (κ3) is 7.81. The van der Waals surface area contributed by atoms with Crippen molar-refractivity contribution in [2.45, 2.75) is 39.3 Å². The summed E-state index contributed by atoms with van der Waals surface area (Å²) in [5.74, 6) is -0.667. The van der Waals surface area contributed by atoms with Gasteiger partial charge in [-0.1, -0.05) is 85.6 Å². The number of amides is 2. The molecular formula is C28H29Cl2FN2O2. The van der Waals surface area contributed by atoms with E-state index < -0.39 is 6.04 Å². The highest BCUT2D eigenvalue weighted by Gasteiger charge is 2.31.